The Kier molecular flexibility index (Phi) is 5.59. The third-order valence-corrected chi connectivity index (χ3v) is 4.70. The number of hydrogen-bond donors (Lipinski definition) is 1. The van der Waals surface area contributed by atoms with Gasteiger partial charge in [-0.3, -0.25) is 0 Å². The Bertz CT molecular complexity index is 847. The Labute approximate surface area is 159 Å². The van der Waals surface area contributed by atoms with Gasteiger partial charge in [0.2, 0.25) is 5.89 Å². The van der Waals surface area contributed by atoms with E-state index in [1.54, 1.807) is 0 Å². The third-order valence-electron chi connectivity index (χ3n) is 4.70. The topological polar surface area (TPSA) is 74.2 Å². The molecule has 1 aliphatic rings. The van der Waals surface area contributed by atoms with Gasteiger partial charge in [0.25, 0.3) is 0 Å². The summed E-state index contributed by atoms with van der Waals surface area (Å²) in [5.41, 5.74) is 8.05. The molecule has 0 spiro atoms. The van der Waals surface area contributed by atoms with Crippen molar-refractivity contribution in [1.29, 1.82) is 0 Å². The number of hydrogen-bond acceptors (Lipinski definition) is 5. The number of nitrogens with zero attached hydrogens (tertiary/aromatic N) is 2. The van der Waals surface area contributed by atoms with Gasteiger partial charge in [0.1, 0.15) is 5.75 Å². The maximum atomic E-state index is 6.23. The van der Waals surface area contributed by atoms with Gasteiger partial charge in [-0.1, -0.05) is 53.7 Å². The first-order valence-corrected chi connectivity index (χ1v) is 8.64. The molecule has 136 valence electrons. The molecule has 0 bridgehead atoms. The number of ether oxygens (including phenoxy) is 1. The second-order valence-corrected chi connectivity index (χ2v) is 6.48. The first-order chi connectivity index (χ1) is 12.2. The van der Waals surface area contributed by atoms with E-state index < -0.39 is 0 Å². The minimum absolute atomic E-state index is 0. The molecule has 1 aromatic heterocycles. The van der Waals surface area contributed by atoms with Crippen LogP contribution in [0, 0.1) is 0 Å². The van der Waals surface area contributed by atoms with Crippen LogP contribution in [0.15, 0.2) is 59.1 Å². The largest absolute Gasteiger partial charge is 0.492 e. The van der Waals surface area contributed by atoms with Crippen LogP contribution in [0.3, 0.4) is 0 Å². The smallest absolute Gasteiger partial charge is 0.230 e. The quantitative estimate of drug-likeness (QED) is 0.705. The Morgan fingerprint density at radius 2 is 1.77 bits per heavy atom. The Hall–Kier alpha value is -2.37. The van der Waals surface area contributed by atoms with Crippen molar-refractivity contribution in [3.8, 4) is 16.9 Å². The van der Waals surface area contributed by atoms with Crippen molar-refractivity contribution < 1.29 is 9.26 Å². The molecule has 2 N–H and O–H groups in total. The number of rotatable bonds is 6. The van der Waals surface area contributed by atoms with E-state index in [1.165, 1.54) is 0 Å². The zero-order valence-corrected chi connectivity index (χ0v) is 15.2. The second-order valence-electron chi connectivity index (χ2n) is 6.48. The fourth-order valence-corrected chi connectivity index (χ4v) is 3.04. The molecular formula is C20H22ClN3O2. The van der Waals surface area contributed by atoms with Crippen molar-refractivity contribution in [2.24, 2.45) is 5.73 Å². The Morgan fingerprint density at radius 1 is 1.04 bits per heavy atom. The fraction of sp³-hybridized carbons (Fsp3) is 0.300. The highest BCUT2D eigenvalue weighted by Gasteiger charge is 2.38. The van der Waals surface area contributed by atoms with Crippen LogP contribution in [0.1, 0.15) is 31.0 Å². The zero-order valence-electron chi connectivity index (χ0n) is 14.4. The lowest BCUT2D eigenvalue weighted by Crippen LogP contribution is -2.44. The van der Waals surface area contributed by atoms with Crippen molar-refractivity contribution in [3.63, 3.8) is 0 Å². The summed E-state index contributed by atoms with van der Waals surface area (Å²) in [7, 11) is 0. The van der Waals surface area contributed by atoms with Gasteiger partial charge in [0.15, 0.2) is 5.82 Å². The zero-order chi connectivity index (χ0) is 17.1. The van der Waals surface area contributed by atoms with E-state index in [0.717, 1.165) is 36.1 Å². The van der Waals surface area contributed by atoms with Gasteiger partial charge in [-0.05, 0) is 30.9 Å². The highest BCUT2D eigenvalue weighted by molar-refractivity contribution is 5.85. The molecule has 2 aromatic carbocycles. The van der Waals surface area contributed by atoms with Crippen LogP contribution in [-0.4, -0.2) is 16.7 Å². The van der Waals surface area contributed by atoms with Crippen molar-refractivity contribution in [2.75, 3.05) is 6.61 Å². The molecule has 0 unspecified atom stereocenters. The molecule has 1 aliphatic carbocycles. The van der Waals surface area contributed by atoms with Crippen LogP contribution in [-0.2, 0) is 12.0 Å². The molecule has 1 fully saturated rings. The minimum Gasteiger partial charge on any atom is -0.492 e. The molecular weight excluding hydrogens is 350 g/mol. The summed E-state index contributed by atoms with van der Waals surface area (Å²) in [5.74, 6) is 2.05. The van der Waals surface area contributed by atoms with E-state index in [9.17, 15) is 0 Å². The number of aromatic nitrogens is 2. The maximum Gasteiger partial charge on any atom is 0.230 e. The van der Waals surface area contributed by atoms with Crippen molar-refractivity contribution >= 4 is 12.4 Å². The molecule has 0 amide bonds. The molecule has 6 heteroatoms. The average Bonchev–Trinajstić information content (AvgIpc) is 3.10. The summed E-state index contributed by atoms with van der Waals surface area (Å²) in [4.78, 5) is 4.43. The van der Waals surface area contributed by atoms with Gasteiger partial charge in [-0.25, -0.2) is 0 Å². The number of nitrogens with two attached hydrogens (primary N) is 1. The molecule has 5 nitrogen and oxygen atoms in total. The molecule has 0 aliphatic heterocycles. The van der Waals surface area contributed by atoms with Crippen LogP contribution in [0.5, 0.6) is 5.75 Å². The van der Waals surface area contributed by atoms with Crippen LogP contribution in [0.4, 0.5) is 0 Å². The summed E-state index contributed by atoms with van der Waals surface area (Å²) < 4.78 is 11.3. The molecule has 1 heterocycles. The first kappa shape index (κ1) is 18.4. The van der Waals surface area contributed by atoms with Crippen molar-refractivity contribution in [1.82, 2.24) is 10.1 Å². The molecule has 4 rings (SSSR count). The normalized spacial score (nSPS) is 15.0. The van der Waals surface area contributed by atoms with Gasteiger partial charge >= 0.3 is 0 Å². The standard InChI is InChI=1S/C20H21N3O2.ClH/c21-20(12-6-13-20)19-22-18(25-23-19)11-14-24-17-10-5-4-9-16(17)15-7-2-1-3-8-15;/h1-5,7-10H,6,11-14,21H2;1H. The van der Waals surface area contributed by atoms with Crippen LogP contribution >= 0.6 is 12.4 Å². The van der Waals surface area contributed by atoms with Crippen LogP contribution < -0.4 is 10.5 Å². The minimum atomic E-state index is -0.386. The lowest BCUT2D eigenvalue weighted by Gasteiger charge is -2.34. The molecule has 26 heavy (non-hydrogen) atoms. The van der Waals surface area contributed by atoms with Crippen LogP contribution in [0.2, 0.25) is 0 Å². The number of benzene rings is 2. The lowest BCUT2D eigenvalue weighted by atomic mass is 9.77. The molecule has 0 saturated heterocycles. The summed E-state index contributed by atoms with van der Waals surface area (Å²) in [6.07, 6.45) is 3.53. The number of para-hydroxylation sites is 1. The van der Waals surface area contributed by atoms with E-state index in [0.29, 0.717) is 24.7 Å². The molecule has 1 saturated carbocycles. The highest BCUT2D eigenvalue weighted by Crippen LogP contribution is 2.37. The highest BCUT2D eigenvalue weighted by atomic mass is 35.5. The Balaban J connectivity index is 0.00000196. The predicted octanol–water partition coefficient (Wildman–Crippen LogP) is 4.12. The summed E-state index contributed by atoms with van der Waals surface area (Å²) >= 11 is 0. The van der Waals surface area contributed by atoms with Gasteiger partial charge in [0, 0.05) is 5.56 Å². The summed E-state index contributed by atoms with van der Waals surface area (Å²) in [6.45, 7) is 0.475. The van der Waals surface area contributed by atoms with Gasteiger partial charge < -0.3 is 15.0 Å². The van der Waals surface area contributed by atoms with Crippen molar-refractivity contribution in [2.45, 2.75) is 31.2 Å². The van der Waals surface area contributed by atoms with E-state index >= 15 is 0 Å². The summed E-state index contributed by atoms with van der Waals surface area (Å²) in [6, 6.07) is 18.2. The molecule has 3 aromatic rings. The van der Waals surface area contributed by atoms with E-state index in [2.05, 4.69) is 28.3 Å². The van der Waals surface area contributed by atoms with Gasteiger partial charge in [0.05, 0.1) is 18.6 Å². The van der Waals surface area contributed by atoms with Gasteiger partial charge in [-0.2, -0.15) is 4.98 Å². The lowest BCUT2D eigenvalue weighted by molar-refractivity contribution is 0.228. The fourth-order valence-electron chi connectivity index (χ4n) is 3.04. The van der Waals surface area contributed by atoms with E-state index in [-0.39, 0.29) is 17.9 Å². The Morgan fingerprint density at radius 3 is 2.50 bits per heavy atom. The van der Waals surface area contributed by atoms with E-state index in [1.807, 2.05) is 36.4 Å². The molecule has 0 atom stereocenters. The molecule has 0 radical (unpaired) electrons. The average molecular weight is 372 g/mol. The first-order valence-electron chi connectivity index (χ1n) is 8.64. The van der Waals surface area contributed by atoms with Crippen LogP contribution in [0.25, 0.3) is 11.1 Å². The monoisotopic (exact) mass is 371 g/mol. The van der Waals surface area contributed by atoms with Crippen molar-refractivity contribution in [3.05, 3.63) is 66.3 Å². The van der Waals surface area contributed by atoms with E-state index in [4.69, 9.17) is 15.0 Å². The summed E-state index contributed by atoms with van der Waals surface area (Å²) in [5, 5.41) is 4.03. The predicted molar refractivity (Wildman–Crippen MR) is 102 cm³/mol. The third kappa shape index (κ3) is 3.74. The second kappa shape index (κ2) is 7.89. The number of halogens is 1. The van der Waals surface area contributed by atoms with Gasteiger partial charge in [-0.15, -0.1) is 12.4 Å². The maximum absolute atomic E-state index is 6.23. The SMILES string of the molecule is Cl.NC1(c2noc(CCOc3ccccc3-c3ccccc3)n2)CCC1.